The number of nitrogens with one attached hydrogen (secondary N) is 1. The minimum absolute atomic E-state index is 0.499. The van der Waals surface area contributed by atoms with Crippen LogP contribution in [0.4, 0.5) is 11.4 Å². The van der Waals surface area contributed by atoms with Crippen LogP contribution in [0, 0.1) is 0 Å². The Balaban J connectivity index is 2.40. The van der Waals surface area contributed by atoms with Crippen LogP contribution in [0.5, 0.6) is 5.75 Å². The van der Waals surface area contributed by atoms with Crippen molar-refractivity contribution in [2.45, 2.75) is 25.5 Å². The quantitative estimate of drug-likeness (QED) is 0.903. The van der Waals surface area contributed by atoms with Crippen molar-refractivity contribution in [3.05, 3.63) is 18.2 Å². The van der Waals surface area contributed by atoms with E-state index in [4.69, 9.17) is 4.74 Å². The van der Waals surface area contributed by atoms with Crippen molar-refractivity contribution in [1.82, 2.24) is 0 Å². The van der Waals surface area contributed by atoms with Crippen LogP contribution in [-0.4, -0.2) is 33.4 Å². The molecular weight excluding hydrogens is 264 g/mol. The third-order valence-corrected chi connectivity index (χ3v) is 5.23. The van der Waals surface area contributed by atoms with Gasteiger partial charge in [-0.15, -0.1) is 0 Å². The van der Waals surface area contributed by atoms with Gasteiger partial charge in [-0.2, -0.15) is 0 Å². The van der Waals surface area contributed by atoms with E-state index < -0.39 is 14.8 Å². The molecule has 5 nitrogen and oxygen atoms in total. The van der Waals surface area contributed by atoms with Crippen molar-refractivity contribution in [3.63, 3.8) is 0 Å². The molecule has 19 heavy (non-hydrogen) atoms. The zero-order valence-corrected chi connectivity index (χ0v) is 12.5. The van der Waals surface area contributed by atoms with Crippen LogP contribution in [0.15, 0.2) is 18.2 Å². The maximum Gasteiger partial charge on any atom is 0.237 e. The molecule has 106 valence electrons. The molecule has 0 radical (unpaired) electrons. The number of sulfonamides is 1. The van der Waals surface area contributed by atoms with E-state index in [1.165, 1.54) is 0 Å². The van der Waals surface area contributed by atoms with Crippen LogP contribution in [0.1, 0.15) is 20.8 Å². The molecule has 1 aromatic carbocycles. The second-order valence-corrected chi connectivity index (χ2v) is 8.08. The van der Waals surface area contributed by atoms with Gasteiger partial charge in [0.05, 0.1) is 22.7 Å². The number of rotatable bonds is 2. The van der Waals surface area contributed by atoms with E-state index in [1.54, 1.807) is 26.8 Å². The molecule has 0 saturated heterocycles. The maximum absolute atomic E-state index is 12.2. The Labute approximate surface area is 114 Å². The fraction of sp³-hybridized carbons (Fsp3) is 0.538. The van der Waals surface area contributed by atoms with Gasteiger partial charge in [0, 0.05) is 7.05 Å². The van der Waals surface area contributed by atoms with Crippen LogP contribution in [0.25, 0.3) is 0 Å². The zero-order valence-electron chi connectivity index (χ0n) is 11.7. The van der Waals surface area contributed by atoms with E-state index in [9.17, 15) is 8.42 Å². The van der Waals surface area contributed by atoms with Gasteiger partial charge >= 0.3 is 0 Å². The Kier molecular flexibility index (Phi) is 3.38. The van der Waals surface area contributed by atoms with Gasteiger partial charge in [0.2, 0.25) is 10.0 Å². The second kappa shape index (κ2) is 4.59. The Morgan fingerprint density at radius 3 is 2.63 bits per heavy atom. The number of likely N-dealkylation sites (N-methyl/N-ethyl adjacent to an activating group) is 1. The van der Waals surface area contributed by atoms with Gasteiger partial charge in [-0.25, -0.2) is 8.42 Å². The van der Waals surface area contributed by atoms with Gasteiger partial charge in [0.1, 0.15) is 6.61 Å². The van der Waals surface area contributed by atoms with Crippen molar-refractivity contribution in [3.8, 4) is 5.75 Å². The maximum atomic E-state index is 12.2. The summed E-state index contributed by atoms with van der Waals surface area (Å²) < 4.78 is 31.8. The molecule has 1 aliphatic heterocycles. The molecule has 0 fully saturated rings. The molecule has 0 saturated carbocycles. The largest absolute Gasteiger partial charge is 0.487 e. The van der Waals surface area contributed by atoms with Gasteiger partial charge in [-0.05, 0) is 32.9 Å². The number of hydrogen-bond donors (Lipinski definition) is 1. The van der Waals surface area contributed by atoms with E-state index in [-0.39, 0.29) is 0 Å². The molecule has 0 bridgehead atoms. The summed E-state index contributed by atoms with van der Waals surface area (Å²) in [5, 5.41) is 0. The van der Waals surface area contributed by atoms with Crippen LogP contribution in [-0.2, 0) is 10.0 Å². The van der Waals surface area contributed by atoms with Crippen molar-refractivity contribution in [2.24, 2.45) is 0 Å². The molecule has 0 aromatic heterocycles. The minimum atomic E-state index is -3.45. The van der Waals surface area contributed by atoms with Gasteiger partial charge in [0.15, 0.2) is 5.75 Å². The first-order chi connectivity index (χ1) is 8.72. The first kappa shape index (κ1) is 14.0. The van der Waals surface area contributed by atoms with Gasteiger partial charge < -0.3 is 9.64 Å². The summed E-state index contributed by atoms with van der Waals surface area (Å²) in [5.41, 5.74) is 1.40. The van der Waals surface area contributed by atoms with Gasteiger partial charge in [-0.3, -0.25) is 4.72 Å². The van der Waals surface area contributed by atoms with Crippen molar-refractivity contribution < 1.29 is 13.2 Å². The molecule has 2 rings (SSSR count). The number of hydrogen-bond acceptors (Lipinski definition) is 4. The molecule has 0 atom stereocenters. The van der Waals surface area contributed by atoms with Crippen LogP contribution in [0.3, 0.4) is 0 Å². The van der Waals surface area contributed by atoms with Crippen molar-refractivity contribution >= 4 is 21.4 Å². The Morgan fingerprint density at radius 1 is 1.32 bits per heavy atom. The Bertz CT molecular complexity index is 576. The van der Waals surface area contributed by atoms with E-state index in [0.29, 0.717) is 18.0 Å². The number of benzene rings is 1. The third-order valence-electron chi connectivity index (χ3n) is 3.13. The molecule has 0 aliphatic carbocycles. The average molecular weight is 284 g/mol. The Hall–Kier alpha value is -1.43. The first-order valence-corrected chi connectivity index (χ1v) is 7.70. The number of anilines is 2. The highest BCUT2D eigenvalue weighted by atomic mass is 32.2. The Morgan fingerprint density at radius 2 is 2.00 bits per heavy atom. The fourth-order valence-electron chi connectivity index (χ4n) is 1.76. The predicted octanol–water partition coefficient (Wildman–Crippen LogP) is 2.06. The van der Waals surface area contributed by atoms with E-state index in [0.717, 1.165) is 12.2 Å². The summed E-state index contributed by atoms with van der Waals surface area (Å²) in [6.45, 7) is 6.34. The van der Waals surface area contributed by atoms with Crippen molar-refractivity contribution in [1.29, 1.82) is 0 Å². The smallest absolute Gasteiger partial charge is 0.237 e. The highest BCUT2D eigenvalue weighted by molar-refractivity contribution is 7.94. The molecule has 0 spiro atoms. The van der Waals surface area contributed by atoms with E-state index in [1.807, 2.05) is 24.1 Å². The molecule has 1 N–H and O–H groups in total. The lowest BCUT2D eigenvalue weighted by Gasteiger charge is -2.30. The summed E-state index contributed by atoms with van der Waals surface area (Å²) in [4.78, 5) is 2.05. The monoisotopic (exact) mass is 284 g/mol. The summed E-state index contributed by atoms with van der Waals surface area (Å²) in [6, 6.07) is 5.47. The van der Waals surface area contributed by atoms with Crippen LogP contribution >= 0.6 is 0 Å². The highest BCUT2D eigenvalue weighted by Gasteiger charge is 2.30. The number of nitrogens with zero attached hydrogens (tertiary/aromatic N) is 1. The summed E-state index contributed by atoms with van der Waals surface area (Å²) in [5.74, 6) is 0.601. The predicted molar refractivity (Wildman–Crippen MR) is 77.5 cm³/mol. The lowest BCUT2D eigenvalue weighted by atomic mass is 10.2. The normalized spacial score (nSPS) is 15.7. The lowest BCUT2D eigenvalue weighted by Crippen LogP contribution is -2.34. The second-order valence-electron chi connectivity index (χ2n) is 5.64. The fourth-order valence-corrected chi connectivity index (χ4v) is 2.52. The first-order valence-electron chi connectivity index (χ1n) is 6.22. The highest BCUT2D eigenvalue weighted by Crippen LogP contribution is 2.38. The standard InChI is InChI=1S/C13H20N2O3S/c1-13(2,3)19(16,17)14-10-6-5-7-11-12(10)18-9-8-15(11)4/h5-7,14H,8-9H2,1-4H3. The molecule has 0 amide bonds. The molecule has 6 heteroatoms. The summed E-state index contributed by atoms with van der Waals surface area (Å²) in [7, 11) is -1.49. The molecule has 1 heterocycles. The molecule has 1 aliphatic rings. The van der Waals surface area contributed by atoms with Crippen molar-refractivity contribution in [2.75, 3.05) is 29.8 Å². The van der Waals surface area contributed by atoms with Crippen LogP contribution in [0.2, 0.25) is 0 Å². The number of para-hydroxylation sites is 1. The molecular formula is C13H20N2O3S. The lowest BCUT2D eigenvalue weighted by molar-refractivity contribution is 0.313. The summed E-state index contributed by atoms with van der Waals surface area (Å²) in [6.07, 6.45) is 0. The third kappa shape index (κ3) is 2.63. The topological polar surface area (TPSA) is 58.6 Å². The average Bonchev–Trinajstić information content (AvgIpc) is 2.28. The van der Waals surface area contributed by atoms with E-state index in [2.05, 4.69) is 4.72 Å². The minimum Gasteiger partial charge on any atom is -0.487 e. The SMILES string of the molecule is CN1CCOc2c(NS(=O)(=O)C(C)(C)C)cccc21. The van der Waals surface area contributed by atoms with Gasteiger partial charge in [-0.1, -0.05) is 6.07 Å². The van der Waals surface area contributed by atoms with Crippen LogP contribution < -0.4 is 14.4 Å². The van der Waals surface area contributed by atoms with Gasteiger partial charge in [0.25, 0.3) is 0 Å². The summed E-state index contributed by atoms with van der Waals surface area (Å²) >= 11 is 0. The molecule has 1 aromatic rings. The molecule has 0 unspecified atom stereocenters. The van der Waals surface area contributed by atoms with E-state index >= 15 is 0 Å². The number of ether oxygens (including phenoxy) is 1. The zero-order chi connectivity index (χ0) is 14.3. The number of fused-ring (bicyclic) bond motifs is 1.